The van der Waals surface area contributed by atoms with E-state index in [0.29, 0.717) is 13.0 Å². The molecule has 1 aliphatic heterocycles. The molecule has 0 saturated carbocycles. The predicted octanol–water partition coefficient (Wildman–Crippen LogP) is 2.59. The molecule has 1 heterocycles. The summed E-state index contributed by atoms with van der Waals surface area (Å²) in [6.07, 6.45) is 3.27. The van der Waals surface area contributed by atoms with Gasteiger partial charge in [-0.1, -0.05) is 19.4 Å². The minimum Gasteiger partial charge on any atom is -0.352 e. The van der Waals surface area contributed by atoms with Crippen molar-refractivity contribution in [1.29, 1.82) is 0 Å². The molecule has 1 fully saturated rings. The van der Waals surface area contributed by atoms with Gasteiger partial charge in [0.25, 0.3) is 0 Å². The molecular formula is C17H26ClF2N3O. The van der Waals surface area contributed by atoms with Crippen LogP contribution >= 0.6 is 12.4 Å². The van der Waals surface area contributed by atoms with Crippen LogP contribution in [-0.4, -0.2) is 36.0 Å². The highest BCUT2D eigenvalue weighted by molar-refractivity contribution is 5.85. The average Bonchev–Trinajstić information content (AvgIpc) is 2.53. The van der Waals surface area contributed by atoms with Gasteiger partial charge in [0, 0.05) is 25.7 Å². The second-order valence-electron chi connectivity index (χ2n) is 6.20. The fraction of sp³-hybridized carbons (Fsp3) is 0.588. The molecule has 2 rings (SSSR count). The monoisotopic (exact) mass is 361 g/mol. The second-order valence-corrected chi connectivity index (χ2v) is 6.20. The van der Waals surface area contributed by atoms with E-state index in [9.17, 15) is 13.6 Å². The Labute approximate surface area is 148 Å². The topological polar surface area (TPSA) is 58.4 Å². The number of nitrogens with two attached hydrogens (primary N) is 1. The quantitative estimate of drug-likeness (QED) is 0.818. The van der Waals surface area contributed by atoms with Crippen molar-refractivity contribution in [1.82, 2.24) is 10.2 Å². The van der Waals surface area contributed by atoms with Crippen LogP contribution in [0.3, 0.4) is 0 Å². The molecule has 7 heteroatoms. The van der Waals surface area contributed by atoms with Crippen LogP contribution in [0.15, 0.2) is 18.2 Å². The zero-order valence-corrected chi connectivity index (χ0v) is 14.7. The lowest BCUT2D eigenvalue weighted by Crippen LogP contribution is -2.49. The molecule has 1 aliphatic rings. The van der Waals surface area contributed by atoms with Gasteiger partial charge in [-0.3, -0.25) is 9.69 Å². The number of amides is 1. The molecule has 0 aliphatic carbocycles. The van der Waals surface area contributed by atoms with Gasteiger partial charge >= 0.3 is 0 Å². The van der Waals surface area contributed by atoms with Crippen molar-refractivity contribution in [2.24, 2.45) is 5.73 Å². The molecule has 1 unspecified atom stereocenters. The smallest absolute Gasteiger partial charge is 0.237 e. The summed E-state index contributed by atoms with van der Waals surface area (Å²) in [7, 11) is 0. The largest absolute Gasteiger partial charge is 0.352 e. The Balaban J connectivity index is 0.00000288. The van der Waals surface area contributed by atoms with Crippen molar-refractivity contribution in [2.75, 3.05) is 13.1 Å². The molecule has 0 aromatic heterocycles. The number of carbonyl (C=O) groups is 1. The molecule has 1 amide bonds. The van der Waals surface area contributed by atoms with Crippen LogP contribution in [0.2, 0.25) is 0 Å². The van der Waals surface area contributed by atoms with Crippen molar-refractivity contribution in [3.8, 4) is 0 Å². The second kappa shape index (κ2) is 9.91. The number of halogens is 3. The number of piperidine rings is 1. The summed E-state index contributed by atoms with van der Waals surface area (Å²) in [5, 5.41) is 3.00. The van der Waals surface area contributed by atoms with Gasteiger partial charge in [0.15, 0.2) is 11.6 Å². The Morgan fingerprint density at radius 1 is 1.33 bits per heavy atom. The first kappa shape index (κ1) is 20.8. The fourth-order valence-electron chi connectivity index (χ4n) is 2.88. The number of nitrogens with zero attached hydrogens (tertiary/aromatic N) is 1. The zero-order chi connectivity index (χ0) is 16.8. The summed E-state index contributed by atoms with van der Waals surface area (Å²) in [5.41, 5.74) is 6.57. The van der Waals surface area contributed by atoms with E-state index in [1.807, 2.05) is 6.92 Å². The fourth-order valence-corrected chi connectivity index (χ4v) is 2.88. The van der Waals surface area contributed by atoms with Crippen LogP contribution < -0.4 is 11.1 Å². The van der Waals surface area contributed by atoms with E-state index in [2.05, 4.69) is 10.2 Å². The minimum atomic E-state index is -0.821. The maximum atomic E-state index is 13.2. The molecular weight excluding hydrogens is 336 g/mol. The lowest BCUT2D eigenvalue weighted by atomic mass is 10.0. The first-order chi connectivity index (χ1) is 11.0. The van der Waals surface area contributed by atoms with E-state index in [1.54, 1.807) is 6.07 Å². The summed E-state index contributed by atoms with van der Waals surface area (Å²) in [6.45, 7) is 4.22. The number of hydrogen-bond acceptors (Lipinski definition) is 3. The predicted molar refractivity (Wildman–Crippen MR) is 92.9 cm³/mol. The third-order valence-electron chi connectivity index (χ3n) is 4.26. The molecule has 136 valence electrons. The van der Waals surface area contributed by atoms with Crippen LogP contribution in [0.4, 0.5) is 8.78 Å². The van der Waals surface area contributed by atoms with Gasteiger partial charge in [-0.15, -0.1) is 12.4 Å². The maximum absolute atomic E-state index is 13.2. The Kier molecular flexibility index (Phi) is 8.59. The molecule has 0 bridgehead atoms. The third kappa shape index (κ3) is 6.00. The minimum absolute atomic E-state index is 0. The van der Waals surface area contributed by atoms with Crippen molar-refractivity contribution >= 4 is 18.3 Å². The van der Waals surface area contributed by atoms with E-state index < -0.39 is 17.7 Å². The third-order valence-corrected chi connectivity index (χ3v) is 4.26. The standard InChI is InChI=1S/C17H25F2N3O.ClH/c1-2-3-16(20)17(23)21-13-6-8-22(9-7-13)11-12-4-5-14(18)15(19)10-12;/h4-5,10,13,16H,2-3,6-9,11,20H2,1H3,(H,21,23);1H. The normalized spacial score (nSPS) is 17.2. The number of benzene rings is 1. The first-order valence-corrected chi connectivity index (χ1v) is 8.21. The van der Waals surface area contributed by atoms with E-state index in [4.69, 9.17) is 5.73 Å². The van der Waals surface area contributed by atoms with Crippen molar-refractivity contribution in [3.05, 3.63) is 35.4 Å². The van der Waals surface area contributed by atoms with E-state index in [-0.39, 0.29) is 24.4 Å². The summed E-state index contributed by atoms with van der Waals surface area (Å²) < 4.78 is 26.2. The van der Waals surface area contributed by atoms with Gasteiger partial charge in [-0.25, -0.2) is 8.78 Å². The molecule has 1 aromatic carbocycles. The van der Waals surface area contributed by atoms with E-state index in [0.717, 1.165) is 44.0 Å². The number of likely N-dealkylation sites (tertiary alicyclic amines) is 1. The molecule has 1 saturated heterocycles. The lowest BCUT2D eigenvalue weighted by Gasteiger charge is -2.32. The van der Waals surface area contributed by atoms with E-state index >= 15 is 0 Å². The molecule has 0 spiro atoms. The number of rotatable bonds is 6. The first-order valence-electron chi connectivity index (χ1n) is 8.21. The van der Waals surface area contributed by atoms with Crippen LogP contribution in [0, 0.1) is 11.6 Å². The van der Waals surface area contributed by atoms with Gasteiger partial charge in [-0.2, -0.15) is 0 Å². The van der Waals surface area contributed by atoms with Gasteiger partial charge < -0.3 is 11.1 Å². The molecule has 0 radical (unpaired) electrons. The van der Waals surface area contributed by atoms with Gasteiger partial charge in [0.2, 0.25) is 5.91 Å². The highest BCUT2D eigenvalue weighted by Gasteiger charge is 2.22. The van der Waals surface area contributed by atoms with Crippen LogP contribution in [-0.2, 0) is 11.3 Å². The molecule has 4 nitrogen and oxygen atoms in total. The van der Waals surface area contributed by atoms with Crippen molar-refractivity contribution < 1.29 is 13.6 Å². The maximum Gasteiger partial charge on any atom is 0.237 e. The zero-order valence-electron chi connectivity index (χ0n) is 13.9. The Bertz CT molecular complexity index is 537. The van der Waals surface area contributed by atoms with Gasteiger partial charge in [0.05, 0.1) is 6.04 Å². The molecule has 24 heavy (non-hydrogen) atoms. The number of hydrogen-bond donors (Lipinski definition) is 2. The molecule has 1 aromatic rings. The highest BCUT2D eigenvalue weighted by Crippen LogP contribution is 2.16. The summed E-state index contributed by atoms with van der Waals surface area (Å²) >= 11 is 0. The highest BCUT2D eigenvalue weighted by atomic mass is 35.5. The van der Waals surface area contributed by atoms with Crippen LogP contribution in [0.1, 0.15) is 38.2 Å². The van der Waals surface area contributed by atoms with Crippen molar-refractivity contribution in [2.45, 2.75) is 51.2 Å². The lowest BCUT2D eigenvalue weighted by molar-refractivity contribution is -0.123. The number of carbonyl (C=O) groups excluding carboxylic acids is 1. The SMILES string of the molecule is CCCC(N)C(=O)NC1CCN(Cc2ccc(F)c(F)c2)CC1.Cl. The Hall–Kier alpha value is -1.24. The summed E-state index contributed by atoms with van der Waals surface area (Å²) in [4.78, 5) is 14.1. The molecule has 1 atom stereocenters. The summed E-state index contributed by atoms with van der Waals surface area (Å²) in [5.74, 6) is -1.71. The van der Waals surface area contributed by atoms with Crippen molar-refractivity contribution in [3.63, 3.8) is 0 Å². The van der Waals surface area contributed by atoms with Gasteiger partial charge in [-0.05, 0) is 37.0 Å². The Morgan fingerprint density at radius 2 is 2.00 bits per heavy atom. The summed E-state index contributed by atoms with van der Waals surface area (Å²) in [6, 6.07) is 3.72. The van der Waals surface area contributed by atoms with Crippen LogP contribution in [0.25, 0.3) is 0 Å². The van der Waals surface area contributed by atoms with E-state index in [1.165, 1.54) is 6.07 Å². The average molecular weight is 362 g/mol. The van der Waals surface area contributed by atoms with Crippen LogP contribution in [0.5, 0.6) is 0 Å². The Morgan fingerprint density at radius 3 is 2.58 bits per heavy atom. The molecule has 3 N–H and O–H groups in total. The number of nitrogens with one attached hydrogen (secondary N) is 1. The van der Waals surface area contributed by atoms with Gasteiger partial charge in [0.1, 0.15) is 0 Å².